The van der Waals surface area contributed by atoms with Gasteiger partial charge in [-0.2, -0.15) is 0 Å². The monoisotopic (exact) mass is 256 g/mol. The third-order valence-electron chi connectivity index (χ3n) is 3.27. The van der Waals surface area contributed by atoms with Gasteiger partial charge in [-0.05, 0) is 24.6 Å². The number of hydrogen-bond donors (Lipinski definition) is 1. The highest BCUT2D eigenvalue weighted by Gasteiger charge is 2.39. The van der Waals surface area contributed by atoms with Gasteiger partial charge in [-0.25, -0.2) is 0 Å². The van der Waals surface area contributed by atoms with Crippen LogP contribution in [0.1, 0.15) is 31.4 Å². The number of hydrogen-bond acceptors (Lipinski definition) is 3. The van der Waals surface area contributed by atoms with Crippen LogP contribution in [0.3, 0.4) is 0 Å². The van der Waals surface area contributed by atoms with E-state index in [2.05, 4.69) is 0 Å². The predicted molar refractivity (Wildman–Crippen MR) is 66.6 cm³/mol. The Balaban J connectivity index is 2.35. The van der Waals surface area contributed by atoms with E-state index < -0.39 is 11.7 Å². The number of aliphatic hydroxyl groups is 1. The fraction of sp³-hybridized carbons (Fsp3) is 0.538. The summed E-state index contributed by atoms with van der Waals surface area (Å²) < 4.78 is 11.2. The molecule has 3 nitrogen and oxygen atoms in total. The number of ether oxygens (including phenoxy) is 2. The summed E-state index contributed by atoms with van der Waals surface area (Å²) in [5.74, 6) is 0.701. The minimum absolute atomic E-state index is 0.436. The van der Waals surface area contributed by atoms with Crippen LogP contribution in [0.2, 0.25) is 5.02 Å². The van der Waals surface area contributed by atoms with Gasteiger partial charge in [-0.3, -0.25) is 0 Å². The Morgan fingerprint density at radius 3 is 3.00 bits per heavy atom. The quantitative estimate of drug-likeness (QED) is 0.904. The Bertz CT molecular complexity index is 408. The molecule has 1 aliphatic rings. The highest BCUT2D eigenvalue weighted by atomic mass is 35.5. The van der Waals surface area contributed by atoms with Crippen LogP contribution in [0.4, 0.5) is 0 Å². The Kier molecular flexibility index (Phi) is 3.61. The normalized spacial score (nSPS) is 27.4. The average Bonchev–Trinajstić information content (AvgIpc) is 2.31. The zero-order valence-electron chi connectivity index (χ0n) is 10.1. The third-order valence-corrected chi connectivity index (χ3v) is 3.51. The van der Waals surface area contributed by atoms with Crippen LogP contribution in [0.25, 0.3) is 0 Å². The smallest absolute Gasteiger partial charge is 0.135 e. The van der Waals surface area contributed by atoms with Crippen LogP contribution in [0, 0.1) is 0 Å². The Morgan fingerprint density at radius 1 is 1.59 bits per heavy atom. The summed E-state index contributed by atoms with van der Waals surface area (Å²) in [6.45, 7) is 2.51. The van der Waals surface area contributed by atoms with Gasteiger partial charge in [0.1, 0.15) is 11.4 Å². The van der Waals surface area contributed by atoms with Gasteiger partial charge in [0.15, 0.2) is 0 Å². The van der Waals surface area contributed by atoms with Crippen LogP contribution < -0.4 is 4.74 Å². The van der Waals surface area contributed by atoms with Crippen molar-refractivity contribution in [3.8, 4) is 5.75 Å². The van der Waals surface area contributed by atoms with Crippen LogP contribution in [0.5, 0.6) is 5.75 Å². The molecule has 0 aromatic heterocycles. The van der Waals surface area contributed by atoms with Crippen molar-refractivity contribution in [3.05, 3.63) is 28.8 Å². The van der Waals surface area contributed by atoms with Gasteiger partial charge >= 0.3 is 0 Å². The number of aliphatic hydroxyl groups excluding tert-OH is 1. The van der Waals surface area contributed by atoms with E-state index in [4.69, 9.17) is 21.1 Å². The highest BCUT2D eigenvalue weighted by molar-refractivity contribution is 6.30. The van der Waals surface area contributed by atoms with Crippen molar-refractivity contribution in [2.45, 2.75) is 31.5 Å². The molecule has 0 radical (unpaired) electrons. The Morgan fingerprint density at radius 2 is 2.35 bits per heavy atom. The van der Waals surface area contributed by atoms with Crippen molar-refractivity contribution < 1.29 is 14.6 Å². The van der Waals surface area contributed by atoms with Crippen molar-refractivity contribution in [1.29, 1.82) is 0 Å². The first-order valence-electron chi connectivity index (χ1n) is 5.76. The van der Waals surface area contributed by atoms with Gasteiger partial charge in [0, 0.05) is 24.1 Å². The van der Waals surface area contributed by atoms with E-state index in [1.165, 1.54) is 0 Å². The fourth-order valence-corrected chi connectivity index (χ4v) is 2.46. The van der Waals surface area contributed by atoms with E-state index in [9.17, 15) is 5.11 Å². The van der Waals surface area contributed by atoms with Gasteiger partial charge in [0.05, 0.1) is 12.7 Å². The molecule has 1 N–H and O–H groups in total. The van der Waals surface area contributed by atoms with Crippen molar-refractivity contribution >= 4 is 11.6 Å². The first-order chi connectivity index (χ1) is 8.10. The van der Waals surface area contributed by atoms with Gasteiger partial charge in [0.25, 0.3) is 0 Å². The maximum atomic E-state index is 10.2. The lowest BCUT2D eigenvalue weighted by atomic mass is 9.87. The SMILES string of the molecule is CCC1(COC)C[C@H](O)c2cc(Cl)ccc2O1. The number of fused-ring (bicyclic) bond motifs is 1. The Labute approximate surface area is 106 Å². The first-order valence-corrected chi connectivity index (χ1v) is 6.13. The molecule has 2 atom stereocenters. The zero-order valence-corrected chi connectivity index (χ0v) is 10.8. The second-order valence-electron chi connectivity index (χ2n) is 4.47. The molecule has 0 saturated heterocycles. The summed E-state index contributed by atoms with van der Waals surface area (Å²) in [4.78, 5) is 0. The zero-order chi connectivity index (χ0) is 12.5. The van der Waals surface area contributed by atoms with Crippen molar-refractivity contribution in [3.63, 3.8) is 0 Å². The van der Waals surface area contributed by atoms with Crippen LogP contribution in [-0.4, -0.2) is 24.4 Å². The van der Waals surface area contributed by atoms with Gasteiger partial charge in [-0.15, -0.1) is 0 Å². The number of halogens is 1. The number of rotatable bonds is 3. The molecular weight excluding hydrogens is 240 g/mol. The fourth-order valence-electron chi connectivity index (χ4n) is 2.28. The molecule has 0 bridgehead atoms. The minimum atomic E-state index is -0.549. The van der Waals surface area contributed by atoms with E-state index in [0.29, 0.717) is 23.8 Å². The van der Waals surface area contributed by atoms with Gasteiger partial charge < -0.3 is 14.6 Å². The van der Waals surface area contributed by atoms with Gasteiger partial charge in [-0.1, -0.05) is 18.5 Å². The summed E-state index contributed by atoms with van der Waals surface area (Å²) in [5.41, 5.74) is 0.326. The summed E-state index contributed by atoms with van der Waals surface area (Å²) in [6.07, 6.45) is 0.775. The molecule has 1 unspecified atom stereocenters. The maximum Gasteiger partial charge on any atom is 0.135 e. The largest absolute Gasteiger partial charge is 0.484 e. The lowest BCUT2D eigenvalue weighted by molar-refractivity contribution is -0.0626. The number of benzene rings is 1. The number of methoxy groups -OCH3 is 1. The predicted octanol–water partition coefficient (Wildman–Crippen LogP) is 2.95. The van der Waals surface area contributed by atoms with Crippen LogP contribution >= 0.6 is 11.6 Å². The van der Waals surface area contributed by atoms with Crippen molar-refractivity contribution in [1.82, 2.24) is 0 Å². The molecule has 1 aliphatic heterocycles. The van der Waals surface area contributed by atoms with Crippen molar-refractivity contribution in [2.24, 2.45) is 0 Å². The second-order valence-corrected chi connectivity index (χ2v) is 4.91. The van der Waals surface area contributed by atoms with Gasteiger partial charge in [0.2, 0.25) is 0 Å². The Hall–Kier alpha value is -0.770. The molecular formula is C13H17ClO3. The maximum absolute atomic E-state index is 10.2. The molecule has 4 heteroatoms. The molecule has 1 aromatic carbocycles. The lowest BCUT2D eigenvalue weighted by Crippen LogP contribution is -2.44. The molecule has 1 heterocycles. The third kappa shape index (κ3) is 2.41. The standard InChI is InChI=1S/C13H17ClO3/c1-3-13(8-16-2)7-11(15)10-6-9(14)4-5-12(10)17-13/h4-6,11,15H,3,7-8H2,1-2H3/t11-,13?/m0/s1. The van der Waals surface area contributed by atoms with Crippen molar-refractivity contribution in [2.75, 3.05) is 13.7 Å². The molecule has 0 amide bonds. The molecule has 17 heavy (non-hydrogen) atoms. The molecule has 1 aromatic rings. The summed E-state index contributed by atoms with van der Waals surface area (Å²) in [6, 6.07) is 5.33. The molecule has 94 valence electrons. The van der Waals surface area contributed by atoms with E-state index >= 15 is 0 Å². The molecule has 2 rings (SSSR count). The van der Waals surface area contributed by atoms with E-state index in [1.807, 2.05) is 6.92 Å². The molecule has 0 fully saturated rings. The van der Waals surface area contributed by atoms with E-state index in [1.54, 1.807) is 25.3 Å². The highest BCUT2D eigenvalue weighted by Crippen LogP contribution is 2.42. The molecule has 0 aliphatic carbocycles. The summed E-state index contributed by atoms with van der Waals surface area (Å²) in [5, 5.41) is 10.8. The summed E-state index contributed by atoms with van der Waals surface area (Å²) >= 11 is 5.92. The topological polar surface area (TPSA) is 38.7 Å². The molecule has 0 spiro atoms. The van der Waals surface area contributed by atoms with Crippen LogP contribution in [-0.2, 0) is 4.74 Å². The average molecular weight is 257 g/mol. The summed E-state index contributed by atoms with van der Waals surface area (Å²) in [7, 11) is 1.64. The lowest BCUT2D eigenvalue weighted by Gasteiger charge is -2.39. The van der Waals surface area contributed by atoms with E-state index in [-0.39, 0.29) is 0 Å². The van der Waals surface area contributed by atoms with Crippen LogP contribution in [0.15, 0.2) is 18.2 Å². The second kappa shape index (κ2) is 4.84. The van der Waals surface area contributed by atoms with E-state index in [0.717, 1.165) is 12.0 Å². The molecule has 0 saturated carbocycles. The first kappa shape index (κ1) is 12.7. The minimum Gasteiger partial charge on any atom is -0.484 e.